The predicted molar refractivity (Wildman–Crippen MR) is 106 cm³/mol. The van der Waals surface area contributed by atoms with Crippen LogP contribution in [0.5, 0.6) is 5.75 Å². The summed E-state index contributed by atoms with van der Waals surface area (Å²) >= 11 is 2.08. The second-order valence-electron chi connectivity index (χ2n) is 7.79. The molecule has 4 nitrogen and oxygen atoms in total. The summed E-state index contributed by atoms with van der Waals surface area (Å²) in [4.78, 5) is 2.59. The van der Waals surface area contributed by atoms with Gasteiger partial charge in [0.1, 0.15) is 5.75 Å². The van der Waals surface area contributed by atoms with Crippen LogP contribution in [0.3, 0.4) is 0 Å². The Morgan fingerprint density at radius 3 is 2.96 bits per heavy atom. The molecule has 26 heavy (non-hydrogen) atoms. The highest BCUT2D eigenvalue weighted by atomic mass is 32.2. The maximum absolute atomic E-state index is 5.77. The zero-order valence-corrected chi connectivity index (χ0v) is 16.3. The molecule has 2 aromatic rings. The molecule has 1 atom stereocenters. The van der Waals surface area contributed by atoms with Crippen molar-refractivity contribution >= 4 is 11.8 Å². The number of aromatic nitrogens is 2. The summed E-state index contributed by atoms with van der Waals surface area (Å²) in [7, 11) is 0. The fourth-order valence-corrected chi connectivity index (χ4v) is 5.56. The smallest absolute Gasteiger partial charge is 0.122 e. The lowest BCUT2D eigenvalue weighted by Gasteiger charge is -2.32. The van der Waals surface area contributed by atoms with E-state index in [0.29, 0.717) is 12.1 Å². The van der Waals surface area contributed by atoms with Gasteiger partial charge >= 0.3 is 0 Å². The van der Waals surface area contributed by atoms with Gasteiger partial charge in [0.05, 0.1) is 18.3 Å². The maximum Gasteiger partial charge on any atom is 0.122 e. The molecule has 1 unspecified atom stereocenters. The number of rotatable bonds is 3. The van der Waals surface area contributed by atoms with Crippen LogP contribution in [0.2, 0.25) is 0 Å². The predicted octanol–water partition coefficient (Wildman–Crippen LogP) is 4.01. The number of thioether (sulfide) groups is 1. The summed E-state index contributed by atoms with van der Waals surface area (Å²) in [5.41, 5.74) is 5.47. The third-order valence-electron chi connectivity index (χ3n) is 6.22. The van der Waals surface area contributed by atoms with Gasteiger partial charge in [-0.2, -0.15) is 16.9 Å². The van der Waals surface area contributed by atoms with Crippen LogP contribution in [-0.4, -0.2) is 39.3 Å². The van der Waals surface area contributed by atoms with Crippen LogP contribution >= 0.6 is 11.8 Å². The molecule has 1 fully saturated rings. The van der Waals surface area contributed by atoms with E-state index in [4.69, 9.17) is 9.84 Å². The quantitative estimate of drug-likeness (QED) is 0.818. The Hall–Kier alpha value is -1.46. The van der Waals surface area contributed by atoms with Gasteiger partial charge in [-0.05, 0) is 48.5 Å². The third kappa shape index (κ3) is 3.05. The topological polar surface area (TPSA) is 30.3 Å². The molecule has 0 radical (unpaired) electrons. The van der Waals surface area contributed by atoms with Crippen LogP contribution in [0, 0.1) is 0 Å². The molecule has 0 spiro atoms. The van der Waals surface area contributed by atoms with Crippen molar-refractivity contribution in [2.75, 3.05) is 24.7 Å². The Kier molecular flexibility index (Phi) is 4.45. The van der Waals surface area contributed by atoms with E-state index in [0.717, 1.165) is 38.3 Å². The van der Waals surface area contributed by atoms with Crippen molar-refractivity contribution in [2.24, 2.45) is 0 Å². The van der Waals surface area contributed by atoms with Crippen LogP contribution in [0.4, 0.5) is 0 Å². The molecule has 3 aliphatic rings. The Morgan fingerprint density at radius 2 is 2.08 bits per heavy atom. The second-order valence-corrected chi connectivity index (χ2v) is 9.01. The fraction of sp³-hybridized carbons (Fsp3) is 0.571. The maximum atomic E-state index is 5.77. The van der Waals surface area contributed by atoms with E-state index < -0.39 is 0 Å². The summed E-state index contributed by atoms with van der Waals surface area (Å²) in [6.45, 7) is 5.25. The molecule has 4 heterocycles. The number of hydrogen-bond donors (Lipinski definition) is 0. The van der Waals surface area contributed by atoms with E-state index >= 15 is 0 Å². The van der Waals surface area contributed by atoms with Gasteiger partial charge in [0.15, 0.2) is 0 Å². The summed E-state index contributed by atoms with van der Waals surface area (Å²) < 4.78 is 8.05. The molecule has 0 amide bonds. The van der Waals surface area contributed by atoms with Gasteiger partial charge in [-0.25, -0.2) is 0 Å². The van der Waals surface area contributed by atoms with Gasteiger partial charge < -0.3 is 4.74 Å². The van der Waals surface area contributed by atoms with Gasteiger partial charge in [-0.1, -0.05) is 12.1 Å². The minimum atomic E-state index is 0.409. The molecule has 1 aromatic carbocycles. The lowest BCUT2D eigenvalue weighted by Crippen LogP contribution is -2.32. The number of hydrogen-bond acceptors (Lipinski definition) is 4. The Labute approximate surface area is 159 Å². The van der Waals surface area contributed by atoms with Crippen molar-refractivity contribution in [1.82, 2.24) is 14.7 Å². The summed E-state index contributed by atoms with van der Waals surface area (Å²) in [6, 6.07) is 7.82. The molecule has 5 heteroatoms. The van der Waals surface area contributed by atoms with E-state index in [-0.39, 0.29) is 0 Å². The minimum absolute atomic E-state index is 0.409. The molecule has 0 bridgehead atoms. The molecular formula is C21H27N3OS. The molecule has 138 valence electrons. The van der Waals surface area contributed by atoms with Crippen LogP contribution in [0.25, 0.3) is 0 Å². The Morgan fingerprint density at radius 1 is 1.19 bits per heavy atom. The minimum Gasteiger partial charge on any atom is -0.493 e. The van der Waals surface area contributed by atoms with E-state index in [1.807, 2.05) is 0 Å². The Bertz CT molecular complexity index is 797. The number of ether oxygens (including phenoxy) is 1. The molecule has 5 rings (SSSR count). The van der Waals surface area contributed by atoms with Crippen molar-refractivity contribution < 1.29 is 4.74 Å². The summed E-state index contributed by atoms with van der Waals surface area (Å²) in [6.07, 6.45) is 6.98. The molecule has 3 aliphatic heterocycles. The van der Waals surface area contributed by atoms with Gasteiger partial charge in [0.2, 0.25) is 0 Å². The van der Waals surface area contributed by atoms with E-state index in [2.05, 4.69) is 52.7 Å². The zero-order valence-electron chi connectivity index (χ0n) is 15.5. The van der Waals surface area contributed by atoms with Crippen molar-refractivity contribution in [3.63, 3.8) is 0 Å². The average molecular weight is 370 g/mol. The first-order chi connectivity index (χ1) is 12.8. The fourth-order valence-electron chi connectivity index (χ4n) is 4.48. The number of nitrogens with zero attached hydrogens (tertiary/aromatic N) is 3. The molecular weight excluding hydrogens is 342 g/mol. The van der Waals surface area contributed by atoms with Crippen LogP contribution < -0.4 is 4.74 Å². The highest BCUT2D eigenvalue weighted by Gasteiger charge is 2.26. The van der Waals surface area contributed by atoms with Gasteiger partial charge in [-0.3, -0.25) is 9.58 Å². The normalized spacial score (nSPS) is 21.9. The lowest BCUT2D eigenvalue weighted by atomic mass is 10.0. The third-order valence-corrected chi connectivity index (χ3v) is 7.27. The molecule has 0 aliphatic carbocycles. The van der Waals surface area contributed by atoms with Gasteiger partial charge in [-0.15, -0.1) is 0 Å². The average Bonchev–Trinajstić information content (AvgIpc) is 3.33. The Balaban J connectivity index is 1.32. The summed E-state index contributed by atoms with van der Waals surface area (Å²) in [5.74, 6) is 3.65. The molecule has 0 saturated carbocycles. The van der Waals surface area contributed by atoms with Crippen molar-refractivity contribution in [3.8, 4) is 5.75 Å². The van der Waals surface area contributed by atoms with E-state index in [9.17, 15) is 0 Å². The lowest BCUT2D eigenvalue weighted by molar-refractivity contribution is 0.191. The van der Waals surface area contributed by atoms with Gasteiger partial charge in [0, 0.05) is 43.7 Å². The summed E-state index contributed by atoms with van der Waals surface area (Å²) in [5, 5.41) is 4.95. The first-order valence-electron chi connectivity index (χ1n) is 9.92. The van der Waals surface area contributed by atoms with E-state index in [1.165, 1.54) is 46.7 Å². The first-order valence-corrected chi connectivity index (χ1v) is 11.1. The van der Waals surface area contributed by atoms with Crippen molar-refractivity contribution in [1.29, 1.82) is 0 Å². The SMILES string of the molecule is CC(c1ccc2c(c1)OCC2)N1CCc2nn(C3CCSCC3)cc2C1. The highest BCUT2D eigenvalue weighted by molar-refractivity contribution is 7.99. The standard InChI is InChI=1S/C21H27N3OS/c1-15(17-3-2-16-5-9-25-21(16)12-17)23-8-4-20-18(13-23)14-24(22-20)19-6-10-26-11-7-19/h2-3,12,14-15,19H,4-11,13H2,1H3. The first kappa shape index (κ1) is 16.7. The van der Waals surface area contributed by atoms with Crippen LogP contribution in [-0.2, 0) is 19.4 Å². The number of benzene rings is 1. The van der Waals surface area contributed by atoms with Crippen LogP contribution in [0.15, 0.2) is 24.4 Å². The van der Waals surface area contributed by atoms with Gasteiger partial charge in [0.25, 0.3) is 0 Å². The second kappa shape index (κ2) is 6.93. The van der Waals surface area contributed by atoms with Crippen molar-refractivity contribution in [3.05, 3.63) is 46.8 Å². The van der Waals surface area contributed by atoms with E-state index in [1.54, 1.807) is 0 Å². The molecule has 0 N–H and O–H groups in total. The monoisotopic (exact) mass is 369 g/mol. The molecule has 1 saturated heterocycles. The number of fused-ring (bicyclic) bond motifs is 2. The highest BCUT2D eigenvalue weighted by Crippen LogP contribution is 2.33. The largest absolute Gasteiger partial charge is 0.493 e. The molecule has 1 aromatic heterocycles. The van der Waals surface area contributed by atoms with Crippen molar-refractivity contribution in [2.45, 2.75) is 51.2 Å². The zero-order chi connectivity index (χ0) is 17.5. The van der Waals surface area contributed by atoms with Crippen LogP contribution in [0.1, 0.15) is 54.2 Å².